The molecular weight excluding hydrogens is 360 g/mol. The van der Waals surface area contributed by atoms with Crippen LogP contribution in [0.2, 0.25) is 0 Å². The second-order valence-corrected chi connectivity index (χ2v) is 9.56. The molecule has 1 atom stereocenters. The van der Waals surface area contributed by atoms with E-state index in [-0.39, 0.29) is 6.04 Å². The van der Waals surface area contributed by atoms with Gasteiger partial charge in [-0.1, -0.05) is 42.7 Å². The quantitative estimate of drug-likeness (QED) is 0.790. The Morgan fingerprint density at radius 3 is 2.24 bits per heavy atom. The van der Waals surface area contributed by atoms with Crippen molar-refractivity contribution in [3.63, 3.8) is 0 Å². The lowest BCUT2D eigenvalue weighted by molar-refractivity contribution is -1.03. The van der Waals surface area contributed by atoms with Gasteiger partial charge in [0.1, 0.15) is 26.2 Å². The third-order valence-corrected chi connectivity index (χ3v) is 7.73. The summed E-state index contributed by atoms with van der Waals surface area (Å²) in [5, 5.41) is 13.2. The van der Waals surface area contributed by atoms with E-state index in [1.54, 1.807) is 4.90 Å². The van der Waals surface area contributed by atoms with Gasteiger partial charge in [0.15, 0.2) is 6.04 Å². The molecule has 3 fully saturated rings. The molecule has 2 saturated carbocycles. The number of tetrazole rings is 1. The molecule has 29 heavy (non-hydrogen) atoms. The third kappa shape index (κ3) is 3.97. The lowest BCUT2D eigenvalue weighted by atomic mass is 10.0. The molecule has 1 aromatic heterocycles. The number of nitrogens with one attached hydrogen (secondary N) is 2. The van der Waals surface area contributed by atoms with Gasteiger partial charge in [-0.25, -0.2) is 4.68 Å². The predicted octanol–water partition coefficient (Wildman–Crippen LogP) is 0.912. The summed E-state index contributed by atoms with van der Waals surface area (Å²) in [6, 6.07) is 10.7. The number of aryl methyl sites for hydroxylation is 1. The fourth-order valence-electron chi connectivity index (χ4n) is 6.05. The van der Waals surface area contributed by atoms with Crippen molar-refractivity contribution in [3.8, 4) is 0 Å². The zero-order valence-corrected chi connectivity index (χ0v) is 17.8. The topological polar surface area (TPSA) is 52.5 Å². The van der Waals surface area contributed by atoms with E-state index in [1.165, 1.54) is 88.7 Å². The Balaban J connectivity index is 1.41. The number of hydrogen-bond donors (Lipinski definition) is 2. The standard InChI is InChI=1S/C23H34N6/c1-18-10-12-19(13-11-18)22(23-24-25-26-29(23)21-8-4-5-9-21)28-16-14-27(15-17-28)20-6-2-3-7-20/h10-13,20-22H,2-9,14-17H2,1H3/p+2/t22-/m0/s1. The van der Waals surface area contributed by atoms with Crippen LogP contribution in [-0.4, -0.2) is 52.4 Å². The van der Waals surface area contributed by atoms with E-state index in [9.17, 15) is 0 Å². The molecule has 6 nitrogen and oxygen atoms in total. The number of aromatic nitrogens is 4. The van der Waals surface area contributed by atoms with Gasteiger partial charge in [-0.2, -0.15) is 0 Å². The van der Waals surface area contributed by atoms with E-state index < -0.39 is 0 Å². The molecule has 2 aliphatic carbocycles. The molecule has 156 valence electrons. The maximum Gasteiger partial charge on any atom is 0.214 e. The van der Waals surface area contributed by atoms with Crippen molar-refractivity contribution in [2.75, 3.05) is 26.2 Å². The second-order valence-electron chi connectivity index (χ2n) is 9.56. The van der Waals surface area contributed by atoms with Gasteiger partial charge in [-0.3, -0.25) is 0 Å². The van der Waals surface area contributed by atoms with Gasteiger partial charge in [0, 0.05) is 5.56 Å². The molecule has 2 N–H and O–H groups in total. The van der Waals surface area contributed by atoms with Crippen LogP contribution in [0.1, 0.15) is 80.4 Å². The third-order valence-electron chi connectivity index (χ3n) is 7.73. The van der Waals surface area contributed by atoms with Gasteiger partial charge >= 0.3 is 0 Å². The van der Waals surface area contributed by atoms with Crippen molar-refractivity contribution in [2.24, 2.45) is 0 Å². The molecule has 5 rings (SSSR count). The highest BCUT2D eigenvalue weighted by Crippen LogP contribution is 2.31. The molecule has 0 radical (unpaired) electrons. The number of benzene rings is 1. The van der Waals surface area contributed by atoms with Crippen LogP contribution < -0.4 is 9.80 Å². The molecule has 3 aliphatic rings. The molecule has 0 bridgehead atoms. The van der Waals surface area contributed by atoms with E-state index in [1.807, 2.05) is 4.90 Å². The molecule has 1 aliphatic heterocycles. The first-order chi connectivity index (χ1) is 14.3. The number of hydrogen-bond acceptors (Lipinski definition) is 3. The number of quaternary nitrogens is 2. The summed E-state index contributed by atoms with van der Waals surface area (Å²) in [7, 11) is 0. The first-order valence-electron chi connectivity index (χ1n) is 11.8. The lowest BCUT2D eigenvalue weighted by Crippen LogP contribution is -3.29. The number of rotatable bonds is 5. The molecule has 2 heterocycles. The zero-order chi connectivity index (χ0) is 19.6. The Morgan fingerprint density at radius 2 is 1.55 bits per heavy atom. The Kier molecular flexibility index (Phi) is 5.64. The highest BCUT2D eigenvalue weighted by molar-refractivity contribution is 5.26. The Morgan fingerprint density at radius 1 is 0.897 bits per heavy atom. The first kappa shape index (κ1) is 19.2. The average Bonchev–Trinajstić information content (AvgIpc) is 3.52. The van der Waals surface area contributed by atoms with Gasteiger partial charge in [0.2, 0.25) is 5.82 Å². The number of piperazine rings is 1. The van der Waals surface area contributed by atoms with Crippen LogP contribution in [0.25, 0.3) is 0 Å². The minimum Gasteiger partial charge on any atom is -0.323 e. The van der Waals surface area contributed by atoms with Gasteiger partial charge < -0.3 is 9.80 Å². The van der Waals surface area contributed by atoms with Crippen LogP contribution in [0, 0.1) is 6.92 Å². The fourth-order valence-corrected chi connectivity index (χ4v) is 6.05. The van der Waals surface area contributed by atoms with Crippen LogP contribution in [0.3, 0.4) is 0 Å². The fraction of sp³-hybridized carbons (Fsp3) is 0.696. The molecule has 0 spiro atoms. The summed E-state index contributed by atoms with van der Waals surface area (Å²) in [5.74, 6) is 1.08. The van der Waals surface area contributed by atoms with Crippen LogP contribution in [0.5, 0.6) is 0 Å². The van der Waals surface area contributed by atoms with Crippen molar-refractivity contribution < 1.29 is 9.80 Å². The molecular formula is C23H36N6+2. The second kappa shape index (κ2) is 8.52. The Labute approximate surface area is 174 Å². The van der Waals surface area contributed by atoms with Gasteiger partial charge in [0.05, 0.1) is 12.1 Å². The molecule has 0 amide bonds. The van der Waals surface area contributed by atoms with Crippen molar-refractivity contribution in [1.29, 1.82) is 0 Å². The molecule has 6 heteroatoms. The zero-order valence-electron chi connectivity index (χ0n) is 17.8. The van der Waals surface area contributed by atoms with Crippen LogP contribution in [0.4, 0.5) is 0 Å². The summed E-state index contributed by atoms with van der Waals surface area (Å²) >= 11 is 0. The first-order valence-corrected chi connectivity index (χ1v) is 11.8. The number of nitrogens with zero attached hydrogens (tertiary/aromatic N) is 4. The summed E-state index contributed by atoms with van der Waals surface area (Å²) < 4.78 is 2.18. The van der Waals surface area contributed by atoms with Gasteiger partial charge in [-0.05, 0) is 55.9 Å². The minimum atomic E-state index is 0.247. The van der Waals surface area contributed by atoms with Crippen molar-refractivity contribution in [1.82, 2.24) is 20.2 Å². The average molecular weight is 397 g/mol. The maximum absolute atomic E-state index is 4.61. The highest BCUT2D eigenvalue weighted by atomic mass is 15.6. The lowest BCUT2D eigenvalue weighted by Gasteiger charge is -2.36. The van der Waals surface area contributed by atoms with Gasteiger partial charge in [0.25, 0.3) is 0 Å². The van der Waals surface area contributed by atoms with E-state index in [2.05, 4.69) is 51.4 Å². The maximum atomic E-state index is 4.61. The van der Waals surface area contributed by atoms with Crippen LogP contribution in [0.15, 0.2) is 24.3 Å². The van der Waals surface area contributed by atoms with Gasteiger partial charge in [-0.15, -0.1) is 5.10 Å². The van der Waals surface area contributed by atoms with Crippen LogP contribution in [-0.2, 0) is 0 Å². The minimum absolute atomic E-state index is 0.247. The molecule has 2 aromatic rings. The summed E-state index contributed by atoms with van der Waals surface area (Å²) in [6.07, 6.45) is 10.8. The van der Waals surface area contributed by atoms with Crippen molar-refractivity contribution >= 4 is 0 Å². The van der Waals surface area contributed by atoms with Crippen molar-refractivity contribution in [3.05, 3.63) is 41.2 Å². The molecule has 1 saturated heterocycles. The Bertz CT molecular complexity index is 780. The molecule has 1 aromatic carbocycles. The Hall–Kier alpha value is -1.79. The summed E-state index contributed by atoms with van der Waals surface area (Å²) in [6.45, 7) is 7.16. The summed E-state index contributed by atoms with van der Waals surface area (Å²) in [4.78, 5) is 3.49. The summed E-state index contributed by atoms with van der Waals surface area (Å²) in [5.41, 5.74) is 2.68. The highest BCUT2D eigenvalue weighted by Gasteiger charge is 2.39. The van der Waals surface area contributed by atoms with E-state index in [0.29, 0.717) is 6.04 Å². The largest absolute Gasteiger partial charge is 0.323 e. The van der Waals surface area contributed by atoms with E-state index >= 15 is 0 Å². The predicted molar refractivity (Wildman–Crippen MR) is 112 cm³/mol. The smallest absolute Gasteiger partial charge is 0.214 e. The monoisotopic (exact) mass is 396 g/mol. The molecule has 0 unspecified atom stereocenters. The van der Waals surface area contributed by atoms with E-state index in [0.717, 1.165) is 11.9 Å². The van der Waals surface area contributed by atoms with Crippen LogP contribution >= 0.6 is 0 Å². The van der Waals surface area contributed by atoms with E-state index in [4.69, 9.17) is 0 Å². The van der Waals surface area contributed by atoms with Crippen molar-refractivity contribution in [2.45, 2.75) is 76.4 Å². The normalized spacial score (nSPS) is 27.5. The SMILES string of the molecule is Cc1ccc([C@@H](c2nnnn2C2CCCC2)[NH+]2CC[NH+](C3CCCC3)CC2)cc1.